The molecule has 0 aromatic heterocycles. The third-order valence-corrected chi connectivity index (χ3v) is 2.67. The highest BCUT2D eigenvalue weighted by Crippen LogP contribution is 2.16. The lowest BCUT2D eigenvalue weighted by Gasteiger charge is -2.02. The first kappa shape index (κ1) is 10.4. The highest BCUT2D eigenvalue weighted by molar-refractivity contribution is 8.13. The zero-order valence-corrected chi connectivity index (χ0v) is 8.66. The van der Waals surface area contributed by atoms with Crippen LogP contribution >= 0.6 is 23.4 Å². The molecule has 0 aliphatic carbocycles. The van der Waals surface area contributed by atoms with Crippen LogP contribution < -0.4 is 5.73 Å². The average Bonchev–Trinajstić information content (AvgIpc) is 2.08. The Balaban J connectivity index is 2.45. The number of nitrogens with one attached hydrogen (secondary N) is 1. The standard InChI is InChI=1S/C9H11ClN2S/c10-8-4-2-1-3-7(8)5-6-13-9(11)12/h1-4H,5-6H2,(H3,11,12). The fourth-order valence-corrected chi connectivity index (χ4v) is 1.74. The predicted octanol–water partition coefficient (Wildman–Crippen LogP) is 2.51. The molecular weight excluding hydrogens is 204 g/mol. The molecule has 0 atom stereocenters. The fraction of sp³-hybridized carbons (Fsp3) is 0.222. The van der Waals surface area contributed by atoms with E-state index in [4.69, 9.17) is 22.7 Å². The van der Waals surface area contributed by atoms with E-state index in [0.717, 1.165) is 22.8 Å². The van der Waals surface area contributed by atoms with E-state index in [-0.39, 0.29) is 5.17 Å². The summed E-state index contributed by atoms with van der Waals surface area (Å²) in [6, 6.07) is 7.72. The molecule has 0 amide bonds. The second-order valence-electron chi connectivity index (χ2n) is 2.55. The molecule has 3 N–H and O–H groups in total. The highest BCUT2D eigenvalue weighted by atomic mass is 35.5. The van der Waals surface area contributed by atoms with E-state index in [9.17, 15) is 0 Å². The number of amidine groups is 1. The van der Waals surface area contributed by atoms with Crippen LogP contribution in [0.2, 0.25) is 5.02 Å². The normalized spacial score (nSPS) is 9.92. The second kappa shape index (κ2) is 5.14. The average molecular weight is 215 g/mol. The minimum Gasteiger partial charge on any atom is -0.379 e. The van der Waals surface area contributed by atoms with Crippen LogP contribution in [0.5, 0.6) is 0 Å². The summed E-state index contributed by atoms with van der Waals surface area (Å²) in [6.07, 6.45) is 0.851. The van der Waals surface area contributed by atoms with Crippen molar-refractivity contribution in [1.29, 1.82) is 5.41 Å². The van der Waals surface area contributed by atoms with E-state index < -0.39 is 0 Å². The van der Waals surface area contributed by atoms with Gasteiger partial charge in [-0.1, -0.05) is 41.6 Å². The first-order chi connectivity index (χ1) is 6.20. The first-order valence-corrected chi connectivity index (χ1v) is 5.26. The maximum Gasteiger partial charge on any atom is 0.151 e. The lowest BCUT2D eigenvalue weighted by atomic mass is 10.2. The number of thioether (sulfide) groups is 1. The molecule has 0 heterocycles. The Morgan fingerprint density at radius 3 is 2.77 bits per heavy atom. The van der Waals surface area contributed by atoms with Gasteiger partial charge in [-0.25, -0.2) is 0 Å². The summed E-state index contributed by atoms with van der Waals surface area (Å²) in [5.41, 5.74) is 6.32. The predicted molar refractivity (Wildman–Crippen MR) is 59.5 cm³/mol. The van der Waals surface area contributed by atoms with Crippen molar-refractivity contribution in [2.75, 3.05) is 5.75 Å². The van der Waals surface area contributed by atoms with E-state index >= 15 is 0 Å². The van der Waals surface area contributed by atoms with Crippen LogP contribution in [-0.4, -0.2) is 10.9 Å². The Bertz CT molecular complexity index is 301. The van der Waals surface area contributed by atoms with E-state index in [2.05, 4.69) is 0 Å². The van der Waals surface area contributed by atoms with Crippen LogP contribution in [0.1, 0.15) is 5.56 Å². The number of benzene rings is 1. The minimum atomic E-state index is 0.159. The van der Waals surface area contributed by atoms with Gasteiger partial charge in [0.2, 0.25) is 0 Å². The number of rotatable bonds is 3. The van der Waals surface area contributed by atoms with E-state index in [0.29, 0.717) is 0 Å². The lowest BCUT2D eigenvalue weighted by molar-refractivity contribution is 1.16. The van der Waals surface area contributed by atoms with Gasteiger partial charge in [0.05, 0.1) is 0 Å². The van der Waals surface area contributed by atoms with Gasteiger partial charge in [0.25, 0.3) is 0 Å². The van der Waals surface area contributed by atoms with Crippen molar-refractivity contribution in [2.24, 2.45) is 5.73 Å². The second-order valence-corrected chi connectivity index (χ2v) is 4.10. The van der Waals surface area contributed by atoms with Gasteiger partial charge < -0.3 is 5.73 Å². The minimum absolute atomic E-state index is 0.159. The number of halogens is 1. The molecule has 0 saturated heterocycles. The number of hydrogen-bond donors (Lipinski definition) is 2. The third kappa shape index (κ3) is 3.70. The molecule has 1 aromatic carbocycles. The summed E-state index contributed by atoms with van der Waals surface area (Å²) in [4.78, 5) is 0. The molecule has 70 valence electrons. The topological polar surface area (TPSA) is 49.9 Å². The van der Waals surface area contributed by atoms with Gasteiger partial charge in [0.15, 0.2) is 5.17 Å². The maximum atomic E-state index is 7.02. The molecule has 13 heavy (non-hydrogen) atoms. The van der Waals surface area contributed by atoms with E-state index in [1.165, 1.54) is 11.8 Å². The quantitative estimate of drug-likeness (QED) is 0.600. The molecule has 2 nitrogen and oxygen atoms in total. The van der Waals surface area contributed by atoms with Gasteiger partial charge in [0, 0.05) is 10.8 Å². The van der Waals surface area contributed by atoms with Crippen LogP contribution in [0.4, 0.5) is 0 Å². The lowest BCUT2D eigenvalue weighted by Crippen LogP contribution is -2.05. The highest BCUT2D eigenvalue weighted by Gasteiger charge is 1.98. The molecule has 0 radical (unpaired) electrons. The summed E-state index contributed by atoms with van der Waals surface area (Å²) < 4.78 is 0. The molecule has 1 aromatic rings. The van der Waals surface area contributed by atoms with Crippen LogP contribution in [0.3, 0.4) is 0 Å². The van der Waals surface area contributed by atoms with Crippen molar-refractivity contribution in [3.8, 4) is 0 Å². The van der Waals surface area contributed by atoms with Crippen molar-refractivity contribution in [2.45, 2.75) is 6.42 Å². The summed E-state index contributed by atoms with van der Waals surface area (Å²) in [7, 11) is 0. The largest absolute Gasteiger partial charge is 0.379 e. The number of nitrogens with two attached hydrogens (primary N) is 1. The van der Waals surface area contributed by atoms with E-state index in [1.54, 1.807) is 0 Å². The molecule has 0 unspecified atom stereocenters. The Morgan fingerprint density at radius 1 is 1.46 bits per heavy atom. The SMILES string of the molecule is N=C(N)SCCc1ccccc1Cl. The molecule has 0 bridgehead atoms. The van der Waals surface area contributed by atoms with Crippen LogP contribution in [0.25, 0.3) is 0 Å². The molecule has 0 saturated carbocycles. The van der Waals surface area contributed by atoms with Gasteiger partial charge in [-0.3, -0.25) is 5.41 Å². The Labute approximate surface area is 87.0 Å². The Hall–Kier alpha value is -0.670. The smallest absolute Gasteiger partial charge is 0.151 e. The molecular formula is C9H11ClN2S. The van der Waals surface area contributed by atoms with Crippen LogP contribution in [0, 0.1) is 5.41 Å². The van der Waals surface area contributed by atoms with E-state index in [1.807, 2.05) is 24.3 Å². The number of hydrogen-bond acceptors (Lipinski definition) is 2. The summed E-state index contributed by atoms with van der Waals surface area (Å²) in [6.45, 7) is 0. The third-order valence-electron chi connectivity index (χ3n) is 1.59. The maximum absolute atomic E-state index is 7.02. The van der Waals surface area contributed by atoms with Crippen LogP contribution in [-0.2, 0) is 6.42 Å². The van der Waals surface area contributed by atoms with Gasteiger partial charge in [-0.2, -0.15) is 0 Å². The molecule has 1 rings (SSSR count). The van der Waals surface area contributed by atoms with Crippen molar-refractivity contribution < 1.29 is 0 Å². The van der Waals surface area contributed by atoms with Crippen molar-refractivity contribution in [3.05, 3.63) is 34.9 Å². The zero-order valence-electron chi connectivity index (χ0n) is 7.09. The summed E-state index contributed by atoms with van der Waals surface area (Å²) in [5, 5.41) is 7.96. The molecule has 0 fully saturated rings. The fourth-order valence-electron chi connectivity index (χ4n) is 0.972. The van der Waals surface area contributed by atoms with Crippen molar-refractivity contribution in [3.63, 3.8) is 0 Å². The molecule has 4 heteroatoms. The summed E-state index contributed by atoms with van der Waals surface area (Å²) in [5.74, 6) is 0.805. The molecule has 0 aliphatic rings. The van der Waals surface area contributed by atoms with Gasteiger partial charge in [-0.15, -0.1) is 0 Å². The van der Waals surface area contributed by atoms with Gasteiger partial charge >= 0.3 is 0 Å². The van der Waals surface area contributed by atoms with Gasteiger partial charge in [0.1, 0.15) is 0 Å². The molecule has 0 spiro atoms. The summed E-state index contributed by atoms with van der Waals surface area (Å²) >= 11 is 7.28. The Morgan fingerprint density at radius 2 is 2.15 bits per heavy atom. The van der Waals surface area contributed by atoms with Crippen molar-refractivity contribution >= 4 is 28.5 Å². The van der Waals surface area contributed by atoms with Crippen LogP contribution in [0.15, 0.2) is 24.3 Å². The molecule has 0 aliphatic heterocycles. The Kier molecular flexibility index (Phi) is 4.12. The van der Waals surface area contributed by atoms with Crippen molar-refractivity contribution in [1.82, 2.24) is 0 Å². The number of aryl methyl sites for hydroxylation is 1. The monoisotopic (exact) mass is 214 g/mol. The zero-order chi connectivity index (χ0) is 9.68. The van der Waals surface area contributed by atoms with Gasteiger partial charge in [-0.05, 0) is 18.1 Å². The first-order valence-electron chi connectivity index (χ1n) is 3.90.